The third kappa shape index (κ3) is 9.43. The van der Waals surface area contributed by atoms with E-state index in [1.165, 1.54) is 13.4 Å². The molecule has 0 atom stereocenters. The Balaban J connectivity index is 1.61. The number of aromatic amines is 1. The lowest BCUT2D eigenvalue weighted by molar-refractivity contribution is -0.140. The molecule has 0 spiro atoms. The monoisotopic (exact) mass is 540 g/mol. The zero-order valence-corrected chi connectivity index (χ0v) is 23.7. The smallest absolute Gasteiger partial charge is 0.410 e. The number of methoxy groups -OCH3 is 1. The minimum Gasteiger partial charge on any atom is -0.494 e. The number of amides is 1. The SMILES string of the molecule is COC(=O)CCCCOc1cccc(Nc2ncnc3[nH]cc(CN(C)CCN(C)C(=O)OC(C)(C)C)c23)c1. The highest BCUT2D eigenvalue weighted by Crippen LogP contribution is 2.28. The molecule has 3 rings (SSSR count). The van der Waals surface area contributed by atoms with Gasteiger partial charge in [0.15, 0.2) is 0 Å². The molecule has 0 aliphatic rings. The van der Waals surface area contributed by atoms with Gasteiger partial charge in [-0.1, -0.05) is 6.07 Å². The molecule has 0 saturated heterocycles. The van der Waals surface area contributed by atoms with E-state index < -0.39 is 5.60 Å². The molecule has 11 heteroatoms. The van der Waals surface area contributed by atoms with Crippen molar-refractivity contribution in [2.75, 3.05) is 46.2 Å². The van der Waals surface area contributed by atoms with E-state index in [-0.39, 0.29) is 12.1 Å². The number of carbonyl (C=O) groups excluding carboxylic acids is 2. The summed E-state index contributed by atoms with van der Waals surface area (Å²) in [5.41, 5.74) is 2.08. The predicted octanol–water partition coefficient (Wildman–Crippen LogP) is 4.72. The molecule has 39 heavy (non-hydrogen) atoms. The van der Waals surface area contributed by atoms with Crippen molar-refractivity contribution in [3.8, 4) is 5.75 Å². The number of ether oxygens (including phenoxy) is 3. The van der Waals surface area contributed by atoms with Crippen LogP contribution in [0.3, 0.4) is 0 Å². The van der Waals surface area contributed by atoms with Crippen LogP contribution in [0.1, 0.15) is 45.6 Å². The second kappa shape index (κ2) is 13.8. The first-order chi connectivity index (χ1) is 18.6. The van der Waals surface area contributed by atoms with E-state index in [2.05, 4.69) is 29.9 Å². The lowest BCUT2D eigenvalue weighted by Crippen LogP contribution is -2.38. The van der Waals surface area contributed by atoms with Crippen molar-refractivity contribution in [3.05, 3.63) is 42.4 Å². The van der Waals surface area contributed by atoms with Gasteiger partial charge in [-0.3, -0.25) is 4.79 Å². The van der Waals surface area contributed by atoms with Crippen LogP contribution in [0.2, 0.25) is 0 Å². The van der Waals surface area contributed by atoms with E-state index in [9.17, 15) is 9.59 Å². The lowest BCUT2D eigenvalue weighted by Gasteiger charge is -2.26. The van der Waals surface area contributed by atoms with Crippen molar-refractivity contribution in [1.29, 1.82) is 0 Å². The molecule has 1 amide bonds. The quantitative estimate of drug-likeness (QED) is 0.234. The molecule has 2 N–H and O–H groups in total. The van der Waals surface area contributed by atoms with Gasteiger partial charge in [-0.25, -0.2) is 14.8 Å². The lowest BCUT2D eigenvalue weighted by atomic mass is 10.2. The molecular weight excluding hydrogens is 500 g/mol. The van der Waals surface area contributed by atoms with Crippen LogP contribution in [-0.4, -0.2) is 83.3 Å². The number of H-pyrrole nitrogens is 1. The van der Waals surface area contributed by atoms with Crippen LogP contribution < -0.4 is 10.1 Å². The van der Waals surface area contributed by atoms with Gasteiger partial charge in [-0.15, -0.1) is 0 Å². The Hall–Kier alpha value is -3.86. The number of anilines is 2. The van der Waals surface area contributed by atoms with Crippen molar-refractivity contribution in [2.24, 2.45) is 0 Å². The first-order valence-electron chi connectivity index (χ1n) is 13.1. The van der Waals surface area contributed by atoms with Crippen molar-refractivity contribution in [1.82, 2.24) is 24.8 Å². The Morgan fingerprint density at radius 3 is 2.64 bits per heavy atom. The number of fused-ring (bicyclic) bond motifs is 1. The minimum atomic E-state index is -0.526. The fourth-order valence-corrected chi connectivity index (χ4v) is 3.83. The molecule has 0 fully saturated rings. The molecule has 0 aliphatic heterocycles. The van der Waals surface area contributed by atoms with Gasteiger partial charge in [0, 0.05) is 51.1 Å². The van der Waals surface area contributed by atoms with Crippen LogP contribution in [-0.2, 0) is 20.8 Å². The molecule has 0 saturated carbocycles. The Bertz CT molecular complexity index is 1240. The molecule has 0 aliphatic carbocycles. The summed E-state index contributed by atoms with van der Waals surface area (Å²) in [5.74, 6) is 1.21. The third-order valence-corrected chi connectivity index (χ3v) is 5.88. The standard InChI is InChI=1S/C28H40N6O5/c1-28(2,3)39-27(36)34(5)14-13-33(4)18-20-17-29-25-24(20)26(31-19-30-25)32-21-10-9-11-22(16-21)38-15-8-7-12-23(35)37-6/h9-11,16-17,19H,7-8,12-15,18H2,1-6H3,(H2,29,30,31,32). The molecule has 0 unspecified atom stereocenters. The van der Waals surface area contributed by atoms with Gasteiger partial charge in [0.05, 0.1) is 19.1 Å². The minimum absolute atomic E-state index is 0.208. The highest BCUT2D eigenvalue weighted by Gasteiger charge is 2.20. The Labute approximate surface area is 229 Å². The van der Waals surface area contributed by atoms with E-state index in [4.69, 9.17) is 9.47 Å². The molecule has 3 aromatic rings. The summed E-state index contributed by atoms with van der Waals surface area (Å²) in [6.45, 7) is 7.91. The van der Waals surface area contributed by atoms with E-state index in [1.807, 2.05) is 58.3 Å². The second-order valence-corrected chi connectivity index (χ2v) is 10.4. The Morgan fingerprint density at radius 2 is 1.90 bits per heavy atom. The summed E-state index contributed by atoms with van der Waals surface area (Å²) in [7, 11) is 5.14. The van der Waals surface area contributed by atoms with Crippen molar-refractivity contribution in [3.63, 3.8) is 0 Å². The van der Waals surface area contributed by atoms with Crippen LogP contribution in [0.15, 0.2) is 36.8 Å². The zero-order valence-electron chi connectivity index (χ0n) is 23.7. The molecule has 0 radical (unpaired) electrons. The van der Waals surface area contributed by atoms with Gasteiger partial charge in [0.25, 0.3) is 0 Å². The summed E-state index contributed by atoms with van der Waals surface area (Å²) < 4.78 is 16.0. The number of rotatable bonds is 13. The number of benzene rings is 1. The molecule has 2 aromatic heterocycles. The summed E-state index contributed by atoms with van der Waals surface area (Å²) in [6.07, 6.45) is 4.98. The number of nitrogens with one attached hydrogen (secondary N) is 2. The van der Waals surface area contributed by atoms with Crippen LogP contribution >= 0.6 is 0 Å². The van der Waals surface area contributed by atoms with Crippen molar-refractivity contribution >= 4 is 34.6 Å². The number of esters is 1. The van der Waals surface area contributed by atoms with Crippen LogP contribution in [0.4, 0.5) is 16.3 Å². The summed E-state index contributed by atoms with van der Waals surface area (Å²) >= 11 is 0. The van der Waals surface area contributed by atoms with E-state index in [1.54, 1.807) is 11.9 Å². The first-order valence-corrected chi connectivity index (χ1v) is 13.1. The topological polar surface area (TPSA) is 122 Å². The number of hydrogen-bond donors (Lipinski definition) is 2. The zero-order chi connectivity index (χ0) is 28.4. The van der Waals surface area contributed by atoms with Gasteiger partial charge in [-0.05, 0) is 58.4 Å². The normalized spacial score (nSPS) is 11.5. The maximum atomic E-state index is 12.3. The third-order valence-electron chi connectivity index (χ3n) is 5.88. The first kappa shape index (κ1) is 29.7. The number of likely N-dealkylation sites (N-methyl/N-ethyl adjacent to an activating group) is 2. The van der Waals surface area contributed by atoms with Gasteiger partial charge in [0.1, 0.15) is 29.1 Å². The fourth-order valence-electron chi connectivity index (χ4n) is 3.83. The number of aromatic nitrogens is 3. The van der Waals surface area contributed by atoms with Crippen LogP contribution in [0.5, 0.6) is 5.75 Å². The Kier molecular flexibility index (Phi) is 10.5. The van der Waals surface area contributed by atoms with Crippen LogP contribution in [0.25, 0.3) is 11.0 Å². The average Bonchev–Trinajstić information content (AvgIpc) is 3.29. The molecule has 2 heterocycles. The number of nitrogens with zero attached hydrogens (tertiary/aromatic N) is 4. The van der Waals surface area contributed by atoms with Gasteiger partial charge >= 0.3 is 12.1 Å². The van der Waals surface area contributed by atoms with Crippen molar-refractivity contribution in [2.45, 2.75) is 52.2 Å². The maximum absolute atomic E-state index is 12.3. The second-order valence-electron chi connectivity index (χ2n) is 10.4. The summed E-state index contributed by atoms with van der Waals surface area (Å²) in [4.78, 5) is 39.3. The number of carbonyl (C=O) groups is 2. The molecular formula is C28H40N6O5. The molecule has 0 bridgehead atoms. The van der Waals surface area contributed by atoms with E-state index in [0.717, 1.165) is 34.5 Å². The van der Waals surface area contributed by atoms with Crippen molar-refractivity contribution < 1.29 is 23.8 Å². The number of unbranched alkanes of at least 4 members (excludes halogenated alkanes) is 1. The predicted molar refractivity (Wildman–Crippen MR) is 150 cm³/mol. The van der Waals surface area contributed by atoms with E-state index in [0.29, 0.717) is 44.9 Å². The van der Waals surface area contributed by atoms with Gasteiger partial charge < -0.3 is 34.3 Å². The largest absolute Gasteiger partial charge is 0.494 e. The maximum Gasteiger partial charge on any atom is 0.410 e. The van der Waals surface area contributed by atoms with Gasteiger partial charge in [0.2, 0.25) is 0 Å². The highest BCUT2D eigenvalue weighted by molar-refractivity contribution is 5.92. The van der Waals surface area contributed by atoms with E-state index >= 15 is 0 Å². The Morgan fingerprint density at radius 1 is 1.10 bits per heavy atom. The summed E-state index contributed by atoms with van der Waals surface area (Å²) in [5, 5.41) is 4.30. The molecule has 1 aromatic carbocycles. The van der Waals surface area contributed by atoms with Crippen LogP contribution in [0, 0.1) is 0 Å². The number of hydrogen-bond acceptors (Lipinski definition) is 9. The highest BCUT2D eigenvalue weighted by atomic mass is 16.6. The average molecular weight is 541 g/mol. The molecule has 212 valence electrons. The summed E-state index contributed by atoms with van der Waals surface area (Å²) in [6, 6.07) is 7.67. The fraction of sp³-hybridized carbons (Fsp3) is 0.500. The van der Waals surface area contributed by atoms with Gasteiger partial charge in [-0.2, -0.15) is 0 Å². The molecule has 11 nitrogen and oxygen atoms in total.